The summed E-state index contributed by atoms with van der Waals surface area (Å²) >= 11 is 0. The largest absolute Gasteiger partial charge is 0.350 e. The molecule has 1 aromatic carbocycles. The van der Waals surface area contributed by atoms with Crippen LogP contribution in [0.2, 0.25) is 0 Å². The van der Waals surface area contributed by atoms with E-state index in [-0.39, 0.29) is 5.91 Å². The number of rotatable bonds is 4. The number of amides is 1. The molecular weight excluding hydrogens is 266 g/mol. The van der Waals surface area contributed by atoms with Crippen molar-refractivity contribution in [3.05, 3.63) is 47.4 Å². The van der Waals surface area contributed by atoms with Crippen molar-refractivity contribution in [3.63, 3.8) is 0 Å². The van der Waals surface area contributed by atoms with E-state index in [0.29, 0.717) is 12.2 Å². The molecule has 0 saturated heterocycles. The Balaban J connectivity index is 1.68. The average Bonchev–Trinajstić information content (AvgIpc) is 3.04. The molecule has 2 N–H and O–H groups in total. The molecule has 0 spiro atoms. The Morgan fingerprint density at radius 2 is 2.29 bits per heavy atom. The van der Waals surface area contributed by atoms with E-state index in [1.165, 1.54) is 0 Å². The normalized spacial score (nSPS) is 11.0. The van der Waals surface area contributed by atoms with E-state index in [1.54, 1.807) is 10.9 Å². The zero-order valence-corrected chi connectivity index (χ0v) is 12.1. The van der Waals surface area contributed by atoms with Gasteiger partial charge >= 0.3 is 0 Å². The van der Waals surface area contributed by atoms with Crippen LogP contribution in [0.25, 0.3) is 10.9 Å². The van der Waals surface area contributed by atoms with Crippen molar-refractivity contribution in [2.45, 2.75) is 13.3 Å². The monoisotopic (exact) mass is 283 g/mol. The minimum absolute atomic E-state index is 0.157. The van der Waals surface area contributed by atoms with E-state index in [0.717, 1.165) is 28.5 Å². The summed E-state index contributed by atoms with van der Waals surface area (Å²) in [6.07, 6.45) is 4.50. The highest BCUT2D eigenvalue weighted by Gasteiger charge is 2.13. The number of H-pyrrole nitrogens is 1. The second-order valence-electron chi connectivity index (χ2n) is 5.15. The van der Waals surface area contributed by atoms with Gasteiger partial charge in [-0.1, -0.05) is 11.6 Å². The number of hydrogen-bond donors (Lipinski definition) is 2. The lowest BCUT2D eigenvalue weighted by molar-refractivity contribution is 0.0950. The number of carbonyl (C=O) groups excluding carboxylic acids is 1. The van der Waals surface area contributed by atoms with Gasteiger partial charge in [-0.15, -0.1) is 0 Å². The van der Waals surface area contributed by atoms with Crippen molar-refractivity contribution in [2.75, 3.05) is 6.54 Å². The number of benzene rings is 1. The van der Waals surface area contributed by atoms with Gasteiger partial charge < -0.3 is 5.32 Å². The number of fused-ring (bicyclic) bond motifs is 1. The van der Waals surface area contributed by atoms with Gasteiger partial charge in [0.05, 0.1) is 11.7 Å². The van der Waals surface area contributed by atoms with Gasteiger partial charge in [-0.2, -0.15) is 10.2 Å². The molecule has 0 unspecified atom stereocenters. The first kappa shape index (κ1) is 13.4. The fourth-order valence-electron chi connectivity index (χ4n) is 2.31. The molecule has 3 aromatic rings. The van der Waals surface area contributed by atoms with Crippen LogP contribution in [0.3, 0.4) is 0 Å². The maximum absolute atomic E-state index is 12.2. The highest BCUT2D eigenvalue weighted by atomic mass is 16.1. The standard InChI is InChI=1S/C15H17N5O/c1-10-3-4-13-12(7-10)14(19-18-13)15(21)16-6-5-11-8-17-20(2)9-11/h3-4,7-9H,5-6H2,1-2H3,(H,16,21)(H,18,19). The van der Waals surface area contributed by atoms with Gasteiger partial charge in [0, 0.05) is 25.2 Å². The molecule has 108 valence electrons. The molecule has 0 aliphatic carbocycles. The summed E-state index contributed by atoms with van der Waals surface area (Å²) in [5.74, 6) is -0.157. The third-order valence-electron chi connectivity index (χ3n) is 3.39. The van der Waals surface area contributed by atoms with Crippen LogP contribution in [0.5, 0.6) is 0 Å². The van der Waals surface area contributed by atoms with Crippen molar-refractivity contribution in [2.24, 2.45) is 7.05 Å². The second kappa shape index (κ2) is 5.40. The Kier molecular flexibility index (Phi) is 3.43. The van der Waals surface area contributed by atoms with Crippen LogP contribution in [0.1, 0.15) is 21.6 Å². The average molecular weight is 283 g/mol. The third-order valence-corrected chi connectivity index (χ3v) is 3.39. The first-order chi connectivity index (χ1) is 10.1. The smallest absolute Gasteiger partial charge is 0.272 e. The molecular formula is C15H17N5O. The number of aryl methyl sites for hydroxylation is 2. The molecule has 0 bridgehead atoms. The van der Waals surface area contributed by atoms with E-state index >= 15 is 0 Å². The van der Waals surface area contributed by atoms with Gasteiger partial charge in [-0.05, 0) is 31.0 Å². The molecule has 1 amide bonds. The van der Waals surface area contributed by atoms with Crippen LogP contribution in [0.15, 0.2) is 30.6 Å². The summed E-state index contributed by atoms with van der Waals surface area (Å²) in [4.78, 5) is 12.2. The van der Waals surface area contributed by atoms with Crippen molar-refractivity contribution >= 4 is 16.8 Å². The van der Waals surface area contributed by atoms with Gasteiger partial charge in [0.25, 0.3) is 5.91 Å². The van der Waals surface area contributed by atoms with E-state index < -0.39 is 0 Å². The predicted molar refractivity (Wildman–Crippen MR) is 80.1 cm³/mol. The van der Waals surface area contributed by atoms with Crippen LogP contribution in [-0.4, -0.2) is 32.4 Å². The molecule has 0 aliphatic rings. The lowest BCUT2D eigenvalue weighted by Gasteiger charge is -2.02. The second-order valence-corrected chi connectivity index (χ2v) is 5.15. The first-order valence-corrected chi connectivity index (χ1v) is 6.84. The van der Waals surface area contributed by atoms with E-state index in [9.17, 15) is 4.79 Å². The highest BCUT2D eigenvalue weighted by Crippen LogP contribution is 2.17. The fraction of sp³-hybridized carbons (Fsp3) is 0.267. The molecule has 2 aromatic heterocycles. The van der Waals surface area contributed by atoms with Crippen LogP contribution in [0, 0.1) is 6.92 Å². The summed E-state index contributed by atoms with van der Waals surface area (Å²) < 4.78 is 1.75. The zero-order chi connectivity index (χ0) is 14.8. The van der Waals surface area contributed by atoms with Crippen molar-refractivity contribution in [1.29, 1.82) is 0 Å². The Labute approximate surface area is 122 Å². The molecule has 2 heterocycles. The Morgan fingerprint density at radius 3 is 3.05 bits per heavy atom. The van der Waals surface area contributed by atoms with Crippen molar-refractivity contribution in [1.82, 2.24) is 25.3 Å². The summed E-state index contributed by atoms with van der Waals surface area (Å²) in [6, 6.07) is 5.89. The Morgan fingerprint density at radius 1 is 1.43 bits per heavy atom. The van der Waals surface area contributed by atoms with Crippen LogP contribution in [-0.2, 0) is 13.5 Å². The lowest BCUT2D eigenvalue weighted by atomic mass is 10.1. The number of aromatic nitrogens is 4. The van der Waals surface area contributed by atoms with Gasteiger partial charge in [-0.25, -0.2) is 0 Å². The van der Waals surface area contributed by atoms with E-state index in [4.69, 9.17) is 0 Å². The molecule has 0 fully saturated rings. The maximum atomic E-state index is 12.2. The SMILES string of the molecule is Cc1ccc2[nH]nc(C(=O)NCCc3cnn(C)c3)c2c1. The molecule has 6 nitrogen and oxygen atoms in total. The zero-order valence-electron chi connectivity index (χ0n) is 12.1. The number of aromatic amines is 1. The summed E-state index contributed by atoms with van der Waals surface area (Å²) in [5.41, 5.74) is 3.52. The Hall–Kier alpha value is -2.63. The van der Waals surface area contributed by atoms with Crippen molar-refractivity contribution < 1.29 is 4.79 Å². The van der Waals surface area contributed by atoms with Crippen molar-refractivity contribution in [3.8, 4) is 0 Å². The molecule has 0 atom stereocenters. The molecule has 0 saturated carbocycles. The maximum Gasteiger partial charge on any atom is 0.272 e. The lowest BCUT2D eigenvalue weighted by Crippen LogP contribution is -2.26. The molecule has 6 heteroatoms. The van der Waals surface area contributed by atoms with Crippen LogP contribution >= 0.6 is 0 Å². The van der Waals surface area contributed by atoms with E-state index in [2.05, 4.69) is 20.6 Å². The summed E-state index contributed by atoms with van der Waals surface area (Å²) in [5, 5.41) is 14.8. The fourth-order valence-corrected chi connectivity index (χ4v) is 2.31. The van der Waals surface area contributed by atoms with E-state index in [1.807, 2.05) is 38.4 Å². The highest BCUT2D eigenvalue weighted by molar-refractivity contribution is 6.04. The third kappa shape index (κ3) is 2.79. The molecule has 3 rings (SSSR count). The number of nitrogens with one attached hydrogen (secondary N) is 2. The molecule has 0 radical (unpaired) electrons. The van der Waals surface area contributed by atoms with Gasteiger partial charge in [0.1, 0.15) is 0 Å². The number of nitrogens with zero attached hydrogens (tertiary/aromatic N) is 3. The molecule has 21 heavy (non-hydrogen) atoms. The minimum atomic E-state index is -0.157. The quantitative estimate of drug-likeness (QED) is 0.763. The summed E-state index contributed by atoms with van der Waals surface area (Å²) in [6.45, 7) is 2.56. The topological polar surface area (TPSA) is 75.6 Å². The predicted octanol–water partition coefficient (Wildman–Crippen LogP) is 1.58. The van der Waals surface area contributed by atoms with Gasteiger partial charge in [-0.3, -0.25) is 14.6 Å². The summed E-state index contributed by atoms with van der Waals surface area (Å²) in [7, 11) is 1.88. The van der Waals surface area contributed by atoms with Crippen LogP contribution < -0.4 is 5.32 Å². The number of carbonyl (C=O) groups is 1. The minimum Gasteiger partial charge on any atom is -0.350 e. The number of hydrogen-bond acceptors (Lipinski definition) is 3. The first-order valence-electron chi connectivity index (χ1n) is 6.84. The van der Waals surface area contributed by atoms with Gasteiger partial charge in [0.2, 0.25) is 0 Å². The Bertz CT molecular complexity index is 786. The van der Waals surface area contributed by atoms with Gasteiger partial charge in [0.15, 0.2) is 5.69 Å². The van der Waals surface area contributed by atoms with Crippen LogP contribution in [0.4, 0.5) is 0 Å². The molecule has 0 aliphatic heterocycles.